The lowest BCUT2D eigenvalue weighted by atomic mass is 10.1. The number of rotatable bonds is 6. The van der Waals surface area contributed by atoms with Crippen LogP contribution in [0.5, 0.6) is 5.75 Å². The number of anilines is 1. The van der Waals surface area contributed by atoms with E-state index in [9.17, 15) is 10.1 Å². The zero-order valence-electron chi connectivity index (χ0n) is 16.5. The highest BCUT2D eigenvalue weighted by molar-refractivity contribution is 6.09. The molecule has 3 rings (SSSR count). The van der Waals surface area contributed by atoms with Gasteiger partial charge in [0.2, 0.25) is 0 Å². The molecular weight excluding hydrogens is 360 g/mol. The van der Waals surface area contributed by atoms with Crippen molar-refractivity contribution in [2.24, 2.45) is 0 Å². The molecule has 0 saturated heterocycles. The summed E-state index contributed by atoms with van der Waals surface area (Å²) in [5, 5.41) is 12.1. The average Bonchev–Trinajstić information content (AvgIpc) is 2.74. The number of carbonyl (C=O) groups is 1. The van der Waals surface area contributed by atoms with Crippen molar-refractivity contribution in [3.63, 3.8) is 0 Å². The van der Waals surface area contributed by atoms with Crippen LogP contribution in [-0.4, -0.2) is 5.91 Å². The summed E-state index contributed by atoms with van der Waals surface area (Å²) in [5.41, 5.74) is 5.05. The minimum atomic E-state index is -0.436. The summed E-state index contributed by atoms with van der Waals surface area (Å²) in [6, 6.07) is 24.6. The zero-order valence-corrected chi connectivity index (χ0v) is 16.5. The Morgan fingerprint density at radius 1 is 1.00 bits per heavy atom. The molecule has 0 heterocycles. The first-order valence-corrected chi connectivity index (χ1v) is 9.32. The van der Waals surface area contributed by atoms with E-state index >= 15 is 0 Å². The second-order valence-electron chi connectivity index (χ2n) is 6.77. The molecule has 1 N–H and O–H groups in total. The Labute approximate surface area is 171 Å². The van der Waals surface area contributed by atoms with E-state index in [4.69, 9.17) is 4.74 Å². The summed E-state index contributed by atoms with van der Waals surface area (Å²) in [5.74, 6) is 0.293. The van der Waals surface area contributed by atoms with Crippen molar-refractivity contribution in [1.82, 2.24) is 0 Å². The van der Waals surface area contributed by atoms with Gasteiger partial charge in [0.05, 0.1) is 0 Å². The van der Waals surface area contributed by atoms with Gasteiger partial charge in [0.15, 0.2) is 0 Å². The maximum Gasteiger partial charge on any atom is 0.266 e. The maximum atomic E-state index is 12.3. The van der Waals surface area contributed by atoms with Crippen LogP contribution in [0.15, 0.2) is 78.4 Å². The van der Waals surface area contributed by atoms with Crippen LogP contribution >= 0.6 is 0 Å². The van der Waals surface area contributed by atoms with E-state index in [1.807, 2.05) is 48.5 Å². The summed E-state index contributed by atoms with van der Waals surface area (Å²) in [7, 11) is 0. The van der Waals surface area contributed by atoms with Crippen LogP contribution in [0, 0.1) is 25.2 Å². The fourth-order valence-electron chi connectivity index (χ4n) is 2.76. The molecule has 144 valence electrons. The van der Waals surface area contributed by atoms with Crippen LogP contribution in [0.1, 0.15) is 22.3 Å². The summed E-state index contributed by atoms with van der Waals surface area (Å²) in [4.78, 5) is 12.3. The van der Waals surface area contributed by atoms with E-state index in [1.165, 1.54) is 11.1 Å². The summed E-state index contributed by atoms with van der Waals surface area (Å²) >= 11 is 0. The Morgan fingerprint density at radius 3 is 2.38 bits per heavy atom. The molecule has 1 amide bonds. The molecule has 0 aromatic heterocycles. The van der Waals surface area contributed by atoms with Crippen LogP contribution in [0.4, 0.5) is 5.69 Å². The number of aryl methyl sites for hydroxylation is 2. The van der Waals surface area contributed by atoms with Gasteiger partial charge in [-0.1, -0.05) is 48.5 Å². The standard InChI is InChI=1S/C25H22N2O2/c1-18-8-9-21(14-19(18)2)17-29-24-12-10-20(11-13-24)15-22(16-26)25(28)27-23-6-4-3-5-7-23/h3-15H,17H2,1-2H3,(H,27,28)/b22-15+. The van der Waals surface area contributed by atoms with E-state index in [-0.39, 0.29) is 5.57 Å². The molecular formula is C25H22N2O2. The molecule has 0 atom stereocenters. The van der Waals surface area contributed by atoms with Gasteiger partial charge in [-0.05, 0) is 66.4 Å². The summed E-state index contributed by atoms with van der Waals surface area (Å²) in [6.07, 6.45) is 1.56. The van der Waals surface area contributed by atoms with E-state index in [0.29, 0.717) is 12.3 Å². The van der Waals surface area contributed by atoms with Crippen molar-refractivity contribution in [3.05, 3.63) is 101 Å². The molecule has 0 aliphatic heterocycles. The number of nitrogens with zero attached hydrogens (tertiary/aromatic N) is 1. The Hall–Kier alpha value is -3.84. The van der Waals surface area contributed by atoms with Crippen molar-refractivity contribution in [2.75, 3.05) is 5.32 Å². The van der Waals surface area contributed by atoms with Gasteiger partial charge >= 0.3 is 0 Å². The van der Waals surface area contributed by atoms with Gasteiger partial charge in [0, 0.05) is 5.69 Å². The number of ether oxygens (including phenoxy) is 1. The highest BCUT2D eigenvalue weighted by atomic mass is 16.5. The summed E-state index contributed by atoms with van der Waals surface area (Å²) in [6.45, 7) is 4.65. The molecule has 3 aromatic carbocycles. The van der Waals surface area contributed by atoms with Gasteiger partial charge in [0.1, 0.15) is 24.0 Å². The van der Waals surface area contributed by atoms with Crippen LogP contribution in [-0.2, 0) is 11.4 Å². The second kappa shape index (κ2) is 9.38. The monoisotopic (exact) mass is 382 g/mol. The predicted molar refractivity (Wildman–Crippen MR) is 115 cm³/mol. The van der Waals surface area contributed by atoms with Gasteiger partial charge in [-0.25, -0.2) is 0 Å². The second-order valence-corrected chi connectivity index (χ2v) is 6.77. The lowest BCUT2D eigenvalue weighted by Gasteiger charge is -2.08. The Bertz CT molecular complexity index is 1060. The molecule has 0 saturated carbocycles. The molecule has 0 unspecified atom stereocenters. The first-order chi connectivity index (χ1) is 14.0. The molecule has 29 heavy (non-hydrogen) atoms. The normalized spacial score (nSPS) is 10.9. The highest BCUT2D eigenvalue weighted by Crippen LogP contribution is 2.18. The predicted octanol–water partition coefficient (Wildman–Crippen LogP) is 5.43. The first-order valence-electron chi connectivity index (χ1n) is 9.32. The largest absolute Gasteiger partial charge is 0.489 e. The number of hydrogen-bond acceptors (Lipinski definition) is 3. The Morgan fingerprint density at radius 2 is 1.72 bits per heavy atom. The average molecular weight is 382 g/mol. The van der Waals surface area contributed by atoms with Gasteiger partial charge < -0.3 is 10.1 Å². The number of benzene rings is 3. The Kier molecular flexibility index (Phi) is 6.44. The zero-order chi connectivity index (χ0) is 20.6. The Balaban J connectivity index is 1.64. The smallest absolute Gasteiger partial charge is 0.266 e. The lowest BCUT2D eigenvalue weighted by Crippen LogP contribution is -2.13. The van der Waals surface area contributed by atoms with E-state index < -0.39 is 5.91 Å². The molecule has 4 heteroatoms. The number of amides is 1. The first kappa shape index (κ1) is 19.9. The SMILES string of the molecule is Cc1ccc(COc2ccc(/C=C(\C#N)C(=O)Nc3ccccc3)cc2)cc1C. The van der Waals surface area contributed by atoms with Crippen LogP contribution in [0.2, 0.25) is 0 Å². The molecule has 4 nitrogen and oxygen atoms in total. The maximum absolute atomic E-state index is 12.3. The van der Waals surface area contributed by atoms with Crippen LogP contribution < -0.4 is 10.1 Å². The van der Waals surface area contributed by atoms with E-state index in [2.05, 4.69) is 37.4 Å². The molecule has 0 spiro atoms. The van der Waals surface area contributed by atoms with Crippen molar-refractivity contribution in [1.29, 1.82) is 5.26 Å². The van der Waals surface area contributed by atoms with Gasteiger partial charge in [-0.3, -0.25) is 4.79 Å². The van der Waals surface area contributed by atoms with Gasteiger partial charge in [-0.15, -0.1) is 0 Å². The minimum Gasteiger partial charge on any atom is -0.489 e. The number of carbonyl (C=O) groups excluding carboxylic acids is 1. The van der Waals surface area contributed by atoms with Crippen molar-refractivity contribution in [2.45, 2.75) is 20.5 Å². The van der Waals surface area contributed by atoms with Gasteiger partial charge in [0.25, 0.3) is 5.91 Å². The molecule has 0 bridgehead atoms. The van der Waals surface area contributed by atoms with E-state index in [0.717, 1.165) is 16.9 Å². The summed E-state index contributed by atoms with van der Waals surface area (Å²) < 4.78 is 5.83. The lowest BCUT2D eigenvalue weighted by molar-refractivity contribution is -0.112. The highest BCUT2D eigenvalue weighted by Gasteiger charge is 2.09. The van der Waals surface area contributed by atoms with Crippen molar-refractivity contribution >= 4 is 17.7 Å². The third kappa shape index (κ3) is 5.57. The molecule has 0 aliphatic rings. The third-order valence-corrected chi connectivity index (χ3v) is 4.56. The molecule has 3 aromatic rings. The molecule has 0 fully saturated rings. The quantitative estimate of drug-likeness (QED) is 0.457. The van der Waals surface area contributed by atoms with Crippen molar-refractivity contribution < 1.29 is 9.53 Å². The van der Waals surface area contributed by atoms with Crippen LogP contribution in [0.3, 0.4) is 0 Å². The fraction of sp³-hybridized carbons (Fsp3) is 0.120. The number of nitriles is 1. The van der Waals surface area contributed by atoms with Gasteiger partial charge in [-0.2, -0.15) is 5.26 Å². The fourth-order valence-corrected chi connectivity index (χ4v) is 2.76. The third-order valence-electron chi connectivity index (χ3n) is 4.56. The molecule has 0 radical (unpaired) electrons. The number of nitrogens with one attached hydrogen (secondary N) is 1. The van der Waals surface area contributed by atoms with Crippen LogP contribution in [0.25, 0.3) is 6.08 Å². The van der Waals surface area contributed by atoms with E-state index in [1.54, 1.807) is 18.2 Å². The molecule has 0 aliphatic carbocycles. The van der Waals surface area contributed by atoms with Crippen molar-refractivity contribution in [3.8, 4) is 11.8 Å². The number of para-hydroxylation sites is 1. The minimum absolute atomic E-state index is 0.0395. The topological polar surface area (TPSA) is 62.1 Å². The number of hydrogen-bond donors (Lipinski definition) is 1.